The van der Waals surface area contributed by atoms with Crippen molar-refractivity contribution in [3.63, 3.8) is 0 Å². The number of benzene rings is 8. The van der Waals surface area contributed by atoms with E-state index in [0.717, 1.165) is 4.57 Å². The summed E-state index contributed by atoms with van der Waals surface area (Å²) in [4.78, 5) is 0. The van der Waals surface area contributed by atoms with Gasteiger partial charge in [0.15, 0.2) is 0 Å². The molecule has 3 aromatic heterocycles. The highest BCUT2D eigenvalue weighted by molar-refractivity contribution is 6.16. The minimum absolute atomic E-state index is 0.542. The number of nitrogens with zero attached hydrogens (tertiary/aromatic N) is 3. The maximum Gasteiger partial charge on any atom is 0.0782 e. The van der Waals surface area contributed by atoms with E-state index in [2.05, 4.69) is 0 Å². The topological polar surface area (TPSA) is 14.8 Å². The van der Waals surface area contributed by atoms with Crippen molar-refractivity contribution < 1.29 is 42.5 Å². The molecule has 0 aliphatic heterocycles. The van der Waals surface area contributed by atoms with Gasteiger partial charge in [0.05, 0.1) is 81.3 Å². The molecular formula is C48H31N3. The van der Waals surface area contributed by atoms with Crippen LogP contribution in [0.5, 0.6) is 0 Å². The number of aromatic nitrogens is 3. The van der Waals surface area contributed by atoms with Crippen molar-refractivity contribution in [2.45, 2.75) is 0 Å². The summed E-state index contributed by atoms with van der Waals surface area (Å²) in [6, 6.07) is -30.2. The van der Waals surface area contributed by atoms with Crippen molar-refractivity contribution in [2.24, 2.45) is 0 Å². The van der Waals surface area contributed by atoms with Gasteiger partial charge < -0.3 is 13.7 Å². The van der Waals surface area contributed by atoms with Crippen LogP contribution in [0.2, 0.25) is 0 Å². The van der Waals surface area contributed by atoms with Crippen molar-refractivity contribution in [1.29, 1.82) is 0 Å². The van der Waals surface area contributed by atoms with E-state index in [1.807, 2.05) is 0 Å². The standard InChI is InChI=1S/C48H31N3/c1-2-14-32(15-3-1)33-16-12-17-34(30-33)49-42-23-8-7-21-39(42)41-31-35(28-29-46(41)49)50-43-24-9-6-20-38(43)40-22-13-27-47(48(40)50)51-44-25-10-4-18-36(44)37-19-5-11-26-45(37)51/h1-31H/i1D,2D,3D,4D,5D,6D,7D,8D,9D,10D,11D,12D,13D,14D,15D,16D,17D,18D,19D,20D,21D,22D,23D,24D,25D,26D,27D,28D,29D,30D,31D. The molecule has 0 aliphatic carbocycles. The molecule has 3 nitrogen and oxygen atoms in total. The van der Waals surface area contributed by atoms with Crippen molar-refractivity contribution in [1.82, 2.24) is 13.7 Å². The van der Waals surface area contributed by atoms with Gasteiger partial charge in [0, 0.05) is 43.7 Å². The summed E-state index contributed by atoms with van der Waals surface area (Å²) in [6.07, 6.45) is 0. The predicted octanol–water partition coefficient (Wildman–Crippen LogP) is 12.6. The molecule has 0 N–H and O–H groups in total. The maximum absolute atomic E-state index is 10.3. The molecule has 8 aromatic carbocycles. The molecule has 0 spiro atoms. The van der Waals surface area contributed by atoms with Gasteiger partial charge in [-0.05, 0) is 71.6 Å². The largest absolute Gasteiger partial charge is 0.309 e. The smallest absolute Gasteiger partial charge is 0.0782 e. The molecule has 0 unspecified atom stereocenters. The molecule has 0 amide bonds. The van der Waals surface area contributed by atoms with Gasteiger partial charge in [0.25, 0.3) is 0 Å². The zero-order chi connectivity index (χ0) is 60.4. The third kappa shape index (κ3) is 4.06. The lowest BCUT2D eigenvalue weighted by Gasteiger charge is -2.15. The highest BCUT2D eigenvalue weighted by Gasteiger charge is 2.21. The van der Waals surface area contributed by atoms with E-state index in [4.69, 9.17) is 23.3 Å². The fraction of sp³-hybridized carbons (Fsp3) is 0. The average Bonchev–Trinajstić information content (AvgIpc) is 1.75. The van der Waals surface area contributed by atoms with Gasteiger partial charge in [-0.15, -0.1) is 0 Å². The molecule has 0 atom stereocenters. The number of hydrogen-bond donors (Lipinski definition) is 0. The highest BCUT2D eigenvalue weighted by Crippen LogP contribution is 2.41. The van der Waals surface area contributed by atoms with Crippen LogP contribution in [0.15, 0.2) is 187 Å². The van der Waals surface area contributed by atoms with Gasteiger partial charge in [0.1, 0.15) is 0 Å². The van der Waals surface area contributed by atoms with E-state index in [1.165, 1.54) is 0 Å². The number of para-hydroxylation sites is 5. The van der Waals surface area contributed by atoms with Gasteiger partial charge >= 0.3 is 0 Å². The first kappa shape index (κ1) is 11.3. The summed E-state index contributed by atoms with van der Waals surface area (Å²) in [7, 11) is 0. The van der Waals surface area contributed by atoms with Crippen LogP contribution in [0.3, 0.4) is 0 Å². The Hall–Kier alpha value is -6.84. The van der Waals surface area contributed by atoms with E-state index < -0.39 is 281 Å². The molecular weight excluding hydrogens is 619 g/mol. The predicted molar refractivity (Wildman–Crippen MR) is 215 cm³/mol. The second-order valence-corrected chi connectivity index (χ2v) is 11.0. The van der Waals surface area contributed by atoms with Gasteiger partial charge in [-0.1, -0.05) is 127 Å². The SMILES string of the molecule is [2H]c1c([2H])c([2H])c(-c2c([2H])c([2H])c([2H])c(-n3c4c([2H])c([2H])c([2H])c([2H])c4c4c([2H])c(-n5c6c([2H])c([2H])c([2H])c([2H])c6c6c([2H])c([2H])c([2H])c(-n7c8c([2H])c([2H])c([2H])c([2H])c8c8c([2H])c([2H])c([2H])c([2H])c87)c65)c([2H])c([2H])c43)c2[2H])c([2H])c1[2H]. The summed E-state index contributed by atoms with van der Waals surface area (Å²) in [6.45, 7) is 0. The Balaban J connectivity index is 1.45. The van der Waals surface area contributed by atoms with Crippen LogP contribution >= 0.6 is 0 Å². The average molecular weight is 681 g/mol. The van der Waals surface area contributed by atoms with Crippen LogP contribution in [0.25, 0.3) is 93.6 Å². The lowest BCUT2D eigenvalue weighted by Crippen LogP contribution is -2.01. The first-order chi connectivity index (χ1) is 38.2. The molecule has 11 rings (SSSR count). The minimum atomic E-state index is -1.17. The third-order valence-corrected chi connectivity index (χ3v) is 8.40. The van der Waals surface area contributed by atoms with Gasteiger partial charge in [-0.2, -0.15) is 0 Å². The van der Waals surface area contributed by atoms with Crippen LogP contribution in [-0.4, -0.2) is 13.7 Å². The lowest BCUT2D eigenvalue weighted by atomic mass is 10.1. The van der Waals surface area contributed by atoms with Gasteiger partial charge in [-0.25, -0.2) is 0 Å². The monoisotopic (exact) mass is 680 g/mol. The fourth-order valence-corrected chi connectivity index (χ4v) is 6.37. The summed E-state index contributed by atoms with van der Waals surface area (Å²) in [5.41, 5.74) is -8.68. The molecule has 238 valence electrons. The normalized spacial score (nSPS) is 20.4. The second-order valence-electron chi connectivity index (χ2n) is 11.0. The quantitative estimate of drug-likeness (QED) is 0.176. The Morgan fingerprint density at radius 2 is 0.765 bits per heavy atom. The van der Waals surface area contributed by atoms with Crippen LogP contribution in [0.4, 0.5) is 0 Å². The summed E-state index contributed by atoms with van der Waals surface area (Å²) in [5, 5.41) is -3.83. The van der Waals surface area contributed by atoms with Crippen molar-refractivity contribution in [3.05, 3.63) is 187 Å². The Morgan fingerprint density at radius 1 is 0.294 bits per heavy atom. The molecule has 3 heteroatoms. The zero-order valence-corrected chi connectivity index (χ0v) is 25.3. The summed E-state index contributed by atoms with van der Waals surface area (Å²) < 4.78 is 284. The van der Waals surface area contributed by atoms with Crippen LogP contribution in [-0.2, 0) is 0 Å². The van der Waals surface area contributed by atoms with E-state index in [-0.39, 0.29) is 0 Å². The van der Waals surface area contributed by atoms with E-state index >= 15 is 0 Å². The fourth-order valence-electron chi connectivity index (χ4n) is 6.37. The van der Waals surface area contributed by atoms with Gasteiger partial charge in [0.2, 0.25) is 0 Å². The Bertz CT molecular complexity index is 4830. The van der Waals surface area contributed by atoms with E-state index in [0.29, 0.717) is 9.13 Å². The van der Waals surface area contributed by atoms with E-state index in [1.54, 1.807) is 0 Å². The maximum atomic E-state index is 10.3. The van der Waals surface area contributed by atoms with E-state index in [9.17, 15) is 19.2 Å². The number of hydrogen-bond acceptors (Lipinski definition) is 0. The first-order valence-electron chi connectivity index (χ1n) is 30.5. The molecule has 3 heterocycles. The molecule has 0 radical (unpaired) electrons. The van der Waals surface area contributed by atoms with Gasteiger partial charge in [-0.3, -0.25) is 0 Å². The second kappa shape index (κ2) is 10.8. The molecule has 0 saturated carbocycles. The Morgan fingerprint density at radius 3 is 1.45 bits per heavy atom. The lowest BCUT2D eigenvalue weighted by molar-refractivity contribution is 1.13. The van der Waals surface area contributed by atoms with Crippen molar-refractivity contribution in [3.8, 4) is 28.2 Å². The zero-order valence-electron chi connectivity index (χ0n) is 56.3. The highest BCUT2D eigenvalue weighted by atomic mass is 15.1. The molecule has 0 bridgehead atoms. The molecule has 0 fully saturated rings. The molecule has 0 saturated heterocycles. The molecule has 0 aliphatic rings. The Labute approximate surface area is 338 Å². The van der Waals surface area contributed by atoms with Crippen LogP contribution in [0.1, 0.15) is 42.5 Å². The number of rotatable bonds is 4. The molecule has 51 heavy (non-hydrogen) atoms. The summed E-state index contributed by atoms with van der Waals surface area (Å²) >= 11 is 0. The van der Waals surface area contributed by atoms with Crippen molar-refractivity contribution in [2.75, 3.05) is 0 Å². The summed E-state index contributed by atoms with van der Waals surface area (Å²) in [5.74, 6) is 0. The van der Waals surface area contributed by atoms with Crippen LogP contribution < -0.4 is 0 Å². The van der Waals surface area contributed by atoms with Crippen molar-refractivity contribution >= 4 is 65.4 Å². The minimum Gasteiger partial charge on any atom is -0.309 e. The van der Waals surface area contributed by atoms with Crippen LogP contribution in [0, 0.1) is 0 Å². The number of fused-ring (bicyclic) bond motifs is 9. The Kier molecular flexibility index (Phi) is 2.41. The molecule has 11 aromatic rings. The third-order valence-electron chi connectivity index (χ3n) is 8.40. The first-order valence-corrected chi connectivity index (χ1v) is 15.0.